The largest absolute Gasteiger partial charge is 0.493 e. The van der Waals surface area contributed by atoms with Gasteiger partial charge in [-0.1, -0.05) is 53.6 Å². The molecule has 0 aromatic heterocycles. The van der Waals surface area contributed by atoms with Crippen LogP contribution in [0.15, 0.2) is 60.7 Å². The molecule has 0 radical (unpaired) electrons. The average Bonchev–Trinajstić information content (AvgIpc) is 2.77. The molecule has 0 saturated heterocycles. The number of methoxy groups -OCH3 is 1. The molecule has 0 amide bonds. The van der Waals surface area contributed by atoms with Gasteiger partial charge in [0.15, 0.2) is 11.5 Å². The molecule has 0 unspecified atom stereocenters. The molecule has 31 heavy (non-hydrogen) atoms. The number of carbonyl (C=O) groups is 1. The second kappa shape index (κ2) is 9.84. The zero-order valence-corrected chi connectivity index (χ0v) is 17.8. The number of nitriles is 1. The Balaban J connectivity index is 1.84. The number of hydrogen-bond donors (Lipinski definition) is 1. The highest BCUT2D eigenvalue weighted by atomic mass is 35.5. The first-order valence-corrected chi connectivity index (χ1v) is 9.80. The minimum Gasteiger partial charge on any atom is -0.493 e. The summed E-state index contributed by atoms with van der Waals surface area (Å²) >= 11 is 6.44. The Kier molecular flexibility index (Phi) is 6.96. The van der Waals surface area contributed by atoms with E-state index in [1.54, 1.807) is 30.3 Å². The van der Waals surface area contributed by atoms with Crippen molar-refractivity contribution >= 4 is 29.2 Å². The Morgan fingerprint density at radius 3 is 2.32 bits per heavy atom. The fraction of sp³-hybridized carbons (Fsp3) is 0.120. The molecule has 156 valence electrons. The van der Waals surface area contributed by atoms with Gasteiger partial charge in [0.05, 0.1) is 29.3 Å². The number of benzene rings is 3. The molecular weight excluding hydrogens is 414 g/mol. The monoisotopic (exact) mass is 433 g/mol. The van der Waals surface area contributed by atoms with Crippen molar-refractivity contribution in [2.75, 3.05) is 7.11 Å². The summed E-state index contributed by atoms with van der Waals surface area (Å²) in [5, 5.41) is 18.9. The van der Waals surface area contributed by atoms with Crippen LogP contribution >= 0.6 is 11.6 Å². The summed E-state index contributed by atoms with van der Waals surface area (Å²) in [5.41, 5.74) is 4.14. The Hall–Kier alpha value is -3.75. The van der Waals surface area contributed by atoms with Crippen molar-refractivity contribution < 1.29 is 19.4 Å². The number of allylic oxidation sites excluding steroid dienone is 1. The summed E-state index contributed by atoms with van der Waals surface area (Å²) in [4.78, 5) is 11.0. The van der Waals surface area contributed by atoms with E-state index in [1.165, 1.54) is 19.2 Å². The summed E-state index contributed by atoms with van der Waals surface area (Å²) in [7, 11) is 1.51. The molecular formula is C25H20ClNO4. The van der Waals surface area contributed by atoms with E-state index in [-0.39, 0.29) is 12.2 Å². The van der Waals surface area contributed by atoms with E-state index in [4.69, 9.17) is 26.2 Å². The van der Waals surface area contributed by atoms with Gasteiger partial charge in [-0.25, -0.2) is 4.79 Å². The van der Waals surface area contributed by atoms with Gasteiger partial charge in [0, 0.05) is 0 Å². The van der Waals surface area contributed by atoms with Gasteiger partial charge in [-0.3, -0.25) is 0 Å². The Bertz CT molecular complexity index is 1160. The molecule has 0 atom stereocenters. The number of rotatable bonds is 7. The van der Waals surface area contributed by atoms with Gasteiger partial charge in [0.25, 0.3) is 0 Å². The number of aryl methyl sites for hydroxylation is 1. The molecule has 3 aromatic rings. The molecule has 0 saturated carbocycles. The lowest BCUT2D eigenvalue weighted by Crippen LogP contribution is -2.00. The smallest absolute Gasteiger partial charge is 0.335 e. The van der Waals surface area contributed by atoms with Gasteiger partial charge in [0.1, 0.15) is 6.61 Å². The average molecular weight is 434 g/mol. The molecule has 0 heterocycles. The van der Waals surface area contributed by atoms with E-state index in [0.29, 0.717) is 27.7 Å². The van der Waals surface area contributed by atoms with E-state index in [9.17, 15) is 10.1 Å². The number of carboxylic acids is 1. The first-order valence-electron chi connectivity index (χ1n) is 9.42. The van der Waals surface area contributed by atoms with Crippen molar-refractivity contribution in [1.82, 2.24) is 0 Å². The minimum atomic E-state index is -0.983. The van der Waals surface area contributed by atoms with Gasteiger partial charge >= 0.3 is 5.97 Å². The van der Waals surface area contributed by atoms with Crippen LogP contribution in [0.3, 0.4) is 0 Å². The van der Waals surface area contributed by atoms with Crippen LogP contribution in [0.1, 0.15) is 32.6 Å². The van der Waals surface area contributed by atoms with Crippen LogP contribution < -0.4 is 9.47 Å². The Morgan fingerprint density at radius 2 is 1.74 bits per heavy atom. The number of nitrogens with zero attached hydrogens (tertiary/aromatic N) is 1. The highest BCUT2D eigenvalue weighted by molar-refractivity contribution is 6.32. The third-order valence-electron chi connectivity index (χ3n) is 4.63. The van der Waals surface area contributed by atoms with E-state index in [1.807, 2.05) is 31.2 Å². The summed E-state index contributed by atoms with van der Waals surface area (Å²) in [5.74, 6) is -0.178. The quantitative estimate of drug-likeness (QED) is 0.365. The SMILES string of the molecule is COc1cc(/C=C(/C#N)c2ccc(C)cc2)cc(Cl)c1OCc1ccc(C(=O)O)cc1. The lowest BCUT2D eigenvalue weighted by Gasteiger charge is -2.14. The van der Waals surface area contributed by atoms with E-state index in [0.717, 1.165) is 16.7 Å². The second-order valence-corrected chi connectivity index (χ2v) is 7.27. The molecule has 0 spiro atoms. The van der Waals surface area contributed by atoms with Crippen LogP contribution in [0.5, 0.6) is 11.5 Å². The molecule has 1 N–H and O–H groups in total. The molecule has 0 fully saturated rings. The molecule has 3 rings (SSSR count). The molecule has 0 aliphatic carbocycles. The zero-order chi connectivity index (χ0) is 22.4. The van der Waals surface area contributed by atoms with Crippen LogP contribution in [-0.2, 0) is 6.61 Å². The molecule has 3 aromatic carbocycles. The van der Waals surface area contributed by atoms with Crippen LogP contribution in [0.2, 0.25) is 5.02 Å². The van der Waals surface area contributed by atoms with Crippen molar-refractivity contribution in [1.29, 1.82) is 5.26 Å². The van der Waals surface area contributed by atoms with Gasteiger partial charge < -0.3 is 14.6 Å². The summed E-state index contributed by atoms with van der Waals surface area (Å²) in [6, 6.07) is 19.8. The first-order chi connectivity index (χ1) is 14.9. The highest BCUT2D eigenvalue weighted by Gasteiger charge is 2.13. The van der Waals surface area contributed by atoms with Crippen molar-refractivity contribution in [3.63, 3.8) is 0 Å². The maximum Gasteiger partial charge on any atom is 0.335 e. The van der Waals surface area contributed by atoms with Gasteiger partial charge in [-0.15, -0.1) is 0 Å². The predicted molar refractivity (Wildman–Crippen MR) is 120 cm³/mol. The van der Waals surface area contributed by atoms with Gasteiger partial charge in [-0.05, 0) is 54.0 Å². The van der Waals surface area contributed by atoms with Crippen molar-refractivity contribution in [3.8, 4) is 17.6 Å². The third-order valence-corrected chi connectivity index (χ3v) is 4.91. The zero-order valence-electron chi connectivity index (χ0n) is 17.1. The molecule has 0 bridgehead atoms. The predicted octanol–water partition coefficient (Wildman–Crippen LogP) is 6.00. The Morgan fingerprint density at radius 1 is 1.10 bits per heavy atom. The molecule has 6 heteroatoms. The number of hydrogen-bond acceptors (Lipinski definition) is 4. The lowest BCUT2D eigenvalue weighted by atomic mass is 10.0. The number of carboxylic acid groups (broad SMARTS) is 1. The fourth-order valence-corrected chi connectivity index (χ4v) is 3.22. The standard InChI is InChI=1S/C25H20ClNO4/c1-16-3-7-19(8-4-16)21(14-27)11-18-12-22(26)24(23(13-18)30-2)31-15-17-5-9-20(10-6-17)25(28)29/h3-13H,15H2,1-2H3,(H,28,29)/b21-11-. The van der Waals surface area contributed by atoms with Crippen molar-refractivity contribution in [3.05, 3.63) is 93.5 Å². The highest BCUT2D eigenvalue weighted by Crippen LogP contribution is 2.38. The third kappa shape index (κ3) is 5.44. The van der Waals surface area contributed by atoms with E-state index >= 15 is 0 Å². The van der Waals surface area contributed by atoms with Crippen molar-refractivity contribution in [2.45, 2.75) is 13.5 Å². The van der Waals surface area contributed by atoms with Crippen LogP contribution in [0.25, 0.3) is 11.6 Å². The number of ether oxygens (including phenoxy) is 2. The number of aromatic carboxylic acids is 1. The first kappa shape index (κ1) is 21.9. The minimum absolute atomic E-state index is 0.192. The van der Waals surface area contributed by atoms with Crippen LogP contribution in [-0.4, -0.2) is 18.2 Å². The Labute approximate surface area is 185 Å². The maximum absolute atomic E-state index is 11.0. The second-order valence-electron chi connectivity index (χ2n) is 6.86. The fourth-order valence-electron chi connectivity index (χ4n) is 2.94. The number of halogens is 1. The molecule has 0 aliphatic rings. The van der Waals surface area contributed by atoms with Crippen LogP contribution in [0.4, 0.5) is 0 Å². The normalized spacial score (nSPS) is 11.0. The molecule has 0 aliphatic heterocycles. The topological polar surface area (TPSA) is 79.5 Å². The lowest BCUT2D eigenvalue weighted by molar-refractivity contribution is 0.0697. The van der Waals surface area contributed by atoms with E-state index < -0.39 is 5.97 Å². The van der Waals surface area contributed by atoms with E-state index in [2.05, 4.69) is 6.07 Å². The molecule has 5 nitrogen and oxygen atoms in total. The van der Waals surface area contributed by atoms with Crippen LogP contribution in [0, 0.1) is 18.3 Å². The van der Waals surface area contributed by atoms with Gasteiger partial charge in [0.2, 0.25) is 0 Å². The summed E-state index contributed by atoms with van der Waals surface area (Å²) in [6.45, 7) is 2.18. The van der Waals surface area contributed by atoms with Crippen molar-refractivity contribution in [2.24, 2.45) is 0 Å². The van der Waals surface area contributed by atoms with Gasteiger partial charge in [-0.2, -0.15) is 5.26 Å². The summed E-state index contributed by atoms with van der Waals surface area (Å²) in [6.07, 6.45) is 1.74. The summed E-state index contributed by atoms with van der Waals surface area (Å²) < 4.78 is 11.3. The maximum atomic E-state index is 11.0.